The maximum absolute atomic E-state index is 13.7. The number of carbonyl (C=O) groups excluding carboxylic acids is 1. The molecule has 0 saturated carbocycles. The standard InChI is InChI=1S/C15H18FN3OS/c1-11-4-6-21-7-5-19(11)15(20)18-10-13-8-12(9-17)2-3-14(13)16/h2-3,8,11H,4-7,10H2,1H3,(H,18,20)/t11-/m0/s1. The lowest BCUT2D eigenvalue weighted by Crippen LogP contribution is -2.45. The van der Waals surface area contributed by atoms with Crippen molar-refractivity contribution < 1.29 is 9.18 Å². The first-order valence-corrected chi connectivity index (χ1v) is 8.08. The molecule has 1 atom stereocenters. The van der Waals surface area contributed by atoms with Crippen molar-refractivity contribution in [3.05, 3.63) is 35.1 Å². The van der Waals surface area contributed by atoms with Gasteiger partial charge < -0.3 is 10.2 Å². The summed E-state index contributed by atoms with van der Waals surface area (Å²) in [6.07, 6.45) is 0.969. The largest absolute Gasteiger partial charge is 0.334 e. The minimum absolute atomic E-state index is 0.0938. The lowest BCUT2D eigenvalue weighted by molar-refractivity contribution is 0.182. The van der Waals surface area contributed by atoms with Crippen LogP contribution in [0.15, 0.2) is 18.2 Å². The van der Waals surface area contributed by atoms with E-state index in [1.807, 2.05) is 24.8 Å². The molecule has 1 heterocycles. The van der Waals surface area contributed by atoms with E-state index in [-0.39, 0.29) is 18.6 Å². The second-order valence-corrected chi connectivity index (χ2v) is 6.24. The Morgan fingerprint density at radius 2 is 2.38 bits per heavy atom. The van der Waals surface area contributed by atoms with Gasteiger partial charge in [-0.25, -0.2) is 9.18 Å². The number of hydrogen-bond donors (Lipinski definition) is 1. The molecule has 1 aromatic rings. The van der Waals surface area contributed by atoms with Gasteiger partial charge >= 0.3 is 6.03 Å². The number of nitrogens with one attached hydrogen (secondary N) is 1. The van der Waals surface area contributed by atoms with Crippen LogP contribution in [0.1, 0.15) is 24.5 Å². The Bertz CT molecular complexity index is 558. The highest BCUT2D eigenvalue weighted by Crippen LogP contribution is 2.16. The van der Waals surface area contributed by atoms with E-state index in [4.69, 9.17) is 5.26 Å². The molecule has 0 aliphatic carbocycles. The highest BCUT2D eigenvalue weighted by atomic mass is 32.2. The molecule has 1 N–H and O–H groups in total. The summed E-state index contributed by atoms with van der Waals surface area (Å²) in [5.41, 5.74) is 0.722. The van der Waals surface area contributed by atoms with E-state index in [0.717, 1.165) is 17.9 Å². The second kappa shape index (κ2) is 7.32. The van der Waals surface area contributed by atoms with E-state index in [9.17, 15) is 9.18 Å². The van der Waals surface area contributed by atoms with Gasteiger partial charge in [0.15, 0.2) is 0 Å². The fourth-order valence-electron chi connectivity index (χ4n) is 2.25. The number of nitriles is 1. The third-order valence-corrected chi connectivity index (χ3v) is 4.55. The number of amides is 2. The fourth-order valence-corrected chi connectivity index (χ4v) is 3.29. The molecule has 0 aromatic heterocycles. The number of urea groups is 1. The van der Waals surface area contributed by atoms with Crippen LogP contribution in [0.4, 0.5) is 9.18 Å². The normalized spacial score (nSPS) is 18.7. The predicted molar refractivity (Wildman–Crippen MR) is 81.5 cm³/mol. The summed E-state index contributed by atoms with van der Waals surface area (Å²) in [4.78, 5) is 14.0. The summed E-state index contributed by atoms with van der Waals surface area (Å²) < 4.78 is 13.7. The average molecular weight is 307 g/mol. The van der Waals surface area contributed by atoms with E-state index >= 15 is 0 Å². The Hall–Kier alpha value is -1.74. The zero-order valence-electron chi connectivity index (χ0n) is 11.9. The topological polar surface area (TPSA) is 56.1 Å². The Labute approximate surface area is 128 Å². The first kappa shape index (κ1) is 15.6. The van der Waals surface area contributed by atoms with Gasteiger partial charge in [0, 0.05) is 30.4 Å². The summed E-state index contributed by atoms with van der Waals surface area (Å²) >= 11 is 1.84. The van der Waals surface area contributed by atoms with Crippen molar-refractivity contribution >= 4 is 17.8 Å². The zero-order chi connectivity index (χ0) is 15.2. The number of carbonyl (C=O) groups is 1. The molecule has 1 aliphatic heterocycles. The molecular weight excluding hydrogens is 289 g/mol. The Morgan fingerprint density at radius 1 is 1.57 bits per heavy atom. The molecule has 1 fully saturated rings. The number of nitrogens with zero attached hydrogens (tertiary/aromatic N) is 2. The molecule has 0 unspecified atom stereocenters. The number of benzene rings is 1. The van der Waals surface area contributed by atoms with Crippen LogP contribution in [0, 0.1) is 17.1 Å². The Morgan fingerprint density at radius 3 is 3.14 bits per heavy atom. The second-order valence-electron chi connectivity index (χ2n) is 5.02. The maximum Gasteiger partial charge on any atom is 0.317 e. The van der Waals surface area contributed by atoms with Crippen LogP contribution in [0.3, 0.4) is 0 Å². The summed E-state index contributed by atoms with van der Waals surface area (Å²) in [6, 6.07) is 6.13. The number of rotatable bonds is 2. The molecular formula is C15H18FN3OS. The van der Waals surface area contributed by atoms with E-state index < -0.39 is 5.82 Å². The van der Waals surface area contributed by atoms with E-state index in [1.54, 1.807) is 4.90 Å². The van der Waals surface area contributed by atoms with Gasteiger partial charge in [-0.05, 0) is 37.3 Å². The van der Waals surface area contributed by atoms with Gasteiger partial charge in [0.25, 0.3) is 0 Å². The third-order valence-electron chi connectivity index (χ3n) is 3.55. The van der Waals surface area contributed by atoms with Gasteiger partial charge in [0.05, 0.1) is 11.6 Å². The van der Waals surface area contributed by atoms with Crippen molar-refractivity contribution in [3.8, 4) is 6.07 Å². The molecule has 0 radical (unpaired) electrons. The average Bonchev–Trinajstić information content (AvgIpc) is 2.70. The van der Waals surface area contributed by atoms with Gasteiger partial charge in [0.1, 0.15) is 5.82 Å². The van der Waals surface area contributed by atoms with Gasteiger partial charge in [-0.15, -0.1) is 0 Å². The molecule has 0 spiro atoms. The van der Waals surface area contributed by atoms with Crippen molar-refractivity contribution in [2.24, 2.45) is 0 Å². The van der Waals surface area contributed by atoms with Crippen molar-refractivity contribution in [1.29, 1.82) is 5.26 Å². The SMILES string of the molecule is C[C@H]1CCSCCN1C(=O)NCc1cc(C#N)ccc1F. The summed E-state index contributed by atoms with van der Waals surface area (Å²) in [7, 11) is 0. The van der Waals surface area contributed by atoms with Gasteiger partial charge in [-0.1, -0.05) is 0 Å². The molecule has 1 aromatic carbocycles. The van der Waals surface area contributed by atoms with Gasteiger partial charge in [-0.3, -0.25) is 0 Å². The molecule has 2 rings (SSSR count). The summed E-state index contributed by atoms with van der Waals surface area (Å²) in [5.74, 6) is 1.58. The molecule has 1 saturated heterocycles. The monoisotopic (exact) mass is 307 g/mol. The van der Waals surface area contributed by atoms with E-state index in [1.165, 1.54) is 18.2 Å². The maximum atomic E-state index is 13.7. The first-order chi connectivity index (χ1) is 10.1. The quantitative estimate of drug-likeness (QED) is 0.914. The van der Waals surface area contributed by atoms with Crippen LogP contribution >= 0.6 is 11.8 Å². The first-order valence-electron chi connectivity index (χ1n) is 6.92. The van der Waals surface area contributed by atoms with Crippen molar-refractivity contribution in [2.45, 2.75) is 25.9 Å². The Balaban J connectivity index is 1.99. The molecule has 2 amide bonds. The molecule has 0 bridgehead atoms. The molecule has 1 aliphatic rings. The van der Waals surface area contributed by atoms with Crippen LogP contribution in [0.5, 0.6) is 0 Å². The van der Waals surface area contributed by atoms with Crippen LogP contribution in [0.25, 0.3) is 0 Å². The van der Waals surface area contributed by atoms with Gasteiger partial charge in [0.2, 0.25) is 0 Å². The van der Waals surface area contributed by atoms with Crippen molar-refractivity contribution in [3.63, 3.8) is 0 Å². The van der Waals surface area contributed by atoms with Gasteiger partial charge in [-0.2, -0.15) is 17.0 Å². The van der Waals surface area contributed by atoms with Crippen molar-refractivity contribution in [2.75, 3.05) is 18.1 Å². The van der Waals surface area contributed by atoms with Crippen molar-refractivity contribution in [1.82, 2.24) is 10.2 Å². The Kier molecular flexibility index (Phi) is 5.45. The minimum atomic E-state index is -0.409. The smallest absolute Gasteiger partial charge is 0.317 e. The van der Waals surface area contributed by atoms with Crippen LogP contribution in [0.2, 0.25) is 0 Å². The molecule has 21 heavy (non-hydrogen) atoms. The third kappa shape index (κ3) is 4.11. The number of hydrogen-bond acceptors (Lipinski definition) is 3. The predicted octanol–water partition coefficient (Wildman–Crippen LogP) is 2.73. The highest BCUT2D eigenvalue weighted by Gasteiger charge is 2.22. The fraction of sp³-hybridized carbons (Fsp3) is 0.467. The van der Waals surface area contributed by atoms with E-state index in [2.05, 4.69) is 5.32 Å². The minimum Gasteiger partial charge on any atom is -0.334 e. The summed E-state index contributed by atoms with van der Waals surface area (Å²) in [5, 5.41) is 11.6. The molecule has 6 heteroatoms. The lowest BCUT2D eigenvalue weighted by Gasteiger charge is -2.27. The molecule has 4 nitrogen and oxygen atoms in total. The number of thioether (sulfide) groups is 1. The zero-order valence-corrected chi connectivity index (χ0v) is 12.8. The van der Waals surface area contributed by atoms with Crippen LogP contribution in [-0.2, 0) is 6.54 Å². The summed E-state index contributed by atoms with van der Waals surface area (Å²) in [6.45, 7) is 2.83. The molecule has 112 valence electrons. The number of halogens is 1. The highest BCUT2D eigenvalue weighted by molar-refractivity contribution is 7.99. The van der Waals surface area contributed by atoms with Crippen LogP contribution < -0.4 is 5.32 Å². The lowest BCUT2D eigenvalue weighted by atomic mass is 10.1. The van der Waals surface area contributed by atoms with E-state index in [0.29, 0.717) is 17.7 Å². The van der Waals surface area contributed by atoms with Crippen LogP contribution in [-0.4, -0.2) is 35.0 Å².